The van der Waals surface area contributed by atoms with E-state index in [1.165, 1.54) is 18.6 Å². The predicted molar refractivity (Wildman–Crippen MR) is 54.2 cm³/mol. The van der Waals surface area contributed by atoms with Crippen molar-refractivity contribution in [3.8, 4) is 5.88 Å². The minimum atomic E-state index is -0.945. The molecule has 0 spiro atoms. The first-order valence-electron chi connectivity index (χ1n) is 5.04. The first-order chi connectivity index (χ1) is 7.15. The molecule has 80 valence electrons. The van der Waals surface area contributed by atoms with Crippen LogP contribution in [-0.4, -0.2) is 22.2 Å². The number of aromatic carboxylic acids is 1. The van der Waals surface area contributed by atoms with Gasteiger partial charge in [0.15, 0.2) is 0 Å². The molecule has 1 aliphatic rings. The smallest absolute Gasteiger partial charge is 0.335 e. The van der Waals surface area contributed by atoms with Gasteiger partial charge in [-0.1, -0.05) is 0 Å². The normalized spacial score (nSPS) is 15.8. The zero-order valence-electron chi connectivity index (χ0n) is 8.56. The summed E-state index contributed by atoms with van der Waals surface area (Å²) in [4.78, 5) is 14.9. The quantitative estimate of drug-likeness (QED) is 0.823. The number of carboxylic acid groups (broad SMARTS) is 1. The number of pyridine rings is 1. The number of hydrogen-bond acceptors (Lipinski definition) is 3. The van der Waals surface area contributed by atoms with Crippen molar-refractivity contribution in [2.45, 2.75) is 32.3 Å². The largest absolute Gasteiger partial charge is 0.478 e. The summed E-state index contributed by atoms with van der Waals surface area (Å²) in [6, 6.07) is 3.02. The Morgan fingerprint density at radius 1 is 1.53 bits per heavy atom. The summed E-state index contributed by atoms with van der Waals surface area (Å²) in [5.74, 6) is -0.518. The summed E-state index contributed by atoms with van der Waals surface area (Å²) >= 11 is 0. The van der Waals surface area contributed by atoms with E-state index in [0.29, 0.717) is 11.6 Å². The van der Waals surface area contributed by atoms with Crippen molar-refractivity contribution >= 4 is 5.97 Å². The van der Waals surface area contributed by atoms with Gasteiger partial charge in [-0.3, -0.25) is 0 Å². The van der Waals surface area contributed by atoms with Gasteiger partial charge >= 0.3 is 5.97 Å². The third kappa shape index (κ3) is 2.26. The molecule has 0 radical (unpaired) electrons. The monoisotopic (exact) mass is 207 g/mol. The lowest BCUT2D eigenvalue weighted by Crippen LogP contribution is -2.25. The molecular formula is C11H13NO3. The summed E-state index contributed by atoms with van der Waals surface area (Å²) in [6.45, 7) is 1.76. The molecule has 4 heteroatoms. The van der Waals surface area contributed by atoms with E-state index in [2.05, 4.69) is 4.98 Å². The third-order valence-electron chi connectivity index (χ3n) is 2.52. The van der Waals surface area contributed by atoms with Crippen LogP contribution in [0.2, 0.25) is 0 Å². The molecule has 0 aromatic carbocycles. The van der Waals surface area contributed by atoms with E-state index in [-0.39, 0.29) is 11.7 Å². The Hall–Kier alpha value is -1.58. The van der Waals surface area contributed by atoms with Gasteiger partial charge in [0, 0.05) is 11.8 Å². The molecule has 15 heavy (non-hydrogen) atoms. The highest BCUT2D eigenvalue weighted by Gasteiger charge is 2.20. The van der Waals surface area contributed by atoms with Crippen molar-refractivity contribution in [1.29, 1.82) is 0 Å². The summed E-state index contributed by atoms with van der Waals surface area (Å²) < 4.78 is 5.55. The Labute approximate surface area is 87.9 Å². The average Bonchev–Trinajstić information content (AvgIpc) is 2.10. The van der Waals surface area contributed by atoms with Crippen molar-refractivity contribution in [2.24, 2.45) is 0 Å². The van der Waals surface area contributed by atoms with Gasteiger partial charge in [-0.05, 0) is 32.3 Å². The molecule has 4 nitrogen and oxygen atoms in total. The van der Waals surface area contributed by atoms with E-state index in [1.807, 2.05) is 0 Å². The lowest BCUT2D eigenvalue weighted by Gasteiger charge is -2.25. The van der Waals surface area contributed by atoms with Gasteiger partial charge in [0.1, 0.15) is 6.10 Å². The molecule has 0 saturated heterocycles. The standard InChI is InChI=1S/C11H13NO3/c1-7-5-8(11(13)14)6-10(12-7)15-9-3-2-4-9/h5-6,9H,2-4H2,1H3,(H,13,14). The Balaban J connectivity index is 2.18. The Morgan fingerprint density at radius 3 is 2.80 bits per heavy atom. The zero-order chi connectivity index (χ0) is 10.8. The zero-order valence-corrected chi connectivity index (χ0v) is 8.56. The molecule has 1 saturated carbocycles. The predicted octanol–water partition coefficient (Wildman–Crippen LogP) is 2.02. The van der Waals surface area contributed by atoms with Crippen molar-refractivity contribution in [1.82, 2.24) is 4.98 Å². The number of hydrogen-bond donors (Lipinski definition) is 1. The second-order valence-electron chi connectivity index (χ2n) is 3.81. The number of carbonyl (C=O) groups is 1. The van der Waals surface area contributed by atoms with E-state index < -0.39 is 5.97 Å². The Kier molecular flexibility index (Phi) is 2.58. The van der Waals surface area contributed by atoms with Crippen LogP contribution < -0.4 is 4.74 Å². The van der Waals surface area contributed by atoms with Crippen molar-refractivity contribution < 1.29 is 14.6 Å². The van der Waals surface area contributed by atoms with Gasteiger partial charge in [-0.2, -0.15) is 0 Å². The first kappa shape index (κ1) is 9.96. The number of aromatic nitrogens is 1. The molecule has 2 rings (SSSR count). The highest BCUT2D eigenvalue weighted by molar-refractivity contribution is 5.87. The number of rotatable bonds is 3. The summed E-state index contributed by atoms with van der Waals surface area (Å²) in [5, 5.41) is 8.86. The van der Waals surface area contributed by atoms with Crippen LogP contribution in [0, 0.1) is 6.92 Å². The fraction of sp³-hybridized carbons (Fsp3) is 0.455. The second-order valence-corrected chi connectivity index (χ2v) is 3.81. The van der Waals surface area contributed by atoms with Crippen LogP contribution >= 0.6 is 0 Å². The Morgan fingerprint density at radius 2 is 2.27 bits per heavy atom. The minimum Gasteiger partial charge on any atom is -0.478 e. The maximum Gasteiger partial charge on any atom is 0.335 e. The van der Waals surface area contributed by atoms with E-state index in [0.717, 1.165) is 12.8 Å². The molecule has 0 atom stereocenters. The average molecular weight is 207 g/mol. The molecule has 1 aromatic rings. The third-order valence-corrected chi connectivity index (χ3v) is 2.52. The molecule has 1 heterocycles. The molecule has 1 fully saturated rings. The van der Waals surface area contributed by atoms with Crippen molar-refractivity contribution in [3.63, 3.8) is 0 Å². The SMILES string of the molecule is Cc1cc(C(=O)O)cc(OC2CCC2)n1. The summed E-state index contributed by atoms with van der Waals surface area (Å²) in [7, 11) is 0. The second kappa shape index (κ2) is 3.88. The minimum absolute atomic E-state index is 0.223. The van der Waals surface area contributed by atoms with Gasteiger partial charge < -0.3 is 9.84 Å². The van der Waals surface area contributed by atoms with Crippen LogP contribution in [0.25, 0.3) is 0 Å². The molecule has 1 aliphatic carbocycles. The van der Waals surface area contributed by atoms with Crippen LogP contribution in [0.4, 0.5) is 0 Å². The number of carboxylic acids is 1. The first-order valence-corrected chi connectivity index (χ1v) is 5.04. The summed E-state index contributed by atoms with van der Waals surface area (Å²) in [5.41, 5.74) is 0.904. The van der Waals surface area contributed by atoms with E-state index in [4.69, 9.17) is 9.84 Å². The van der Waals surface area contributed by atoms with Crippen molar-refractivity contribution in [3.05, 3.63) is 23.4 Å². The van der Waals surface area contributed by atoms with E-state index >= 15 is 0 Å². The van der Waals surface area contributed by atoms with Gasteiger partial charge in [0.25, 0.3) is 0 Å². The van der Waals surface area contributed by atoms with Crippen LogP contribution in [0.3, 0.4) is 0 Å². The van der Waals surface area contributed by atoms with Crippen LogP contribution in [0.5, 0.6) is 5.88 Å². The van der Waals surface area contributed by atoms with Crippen LogP contribution in [-0.2, 0) is 0 Å². The topological polar surface area (TPSA) is 59.4 Å². The molecule has 0 amide bonds. The lowest BCUT2D eigenvalue weighted by molar-refractivity contribution is 0.0694. The number of nitrogens with zero attached hydrogens (tertiary/aromatic N) is 1. The Bertz CT molecular complexity index is 385. The van der Waals surface area contributed by atoms with Crippen molar-refractivity contribution in [2.75, 3.05) is 0 Å². The number of ether oxygens (including phenoxy) is 1. The van der Waals surface area contributed by atoms with E-state index in [9.17, 15) is 4.79 Å². The fourth-order valence-corrected chi connectivity index (χ4v) is 1.48. The highest BCUT2D eigenvalue weighted by Crippen LogP contribution is 2.24. The molecular weight excluding hydrogens is 194 g/mol. The molecule has 0 unspecified atom stereocenters. The lowest BCUT2D eigenvalue weighted by atomic mass is 9.96. The molecule has 0 aliphatic heterocycles. The highest BCUT2D eigenvalue weighted by atomic mass is 16.5. The summed E-state index contributed by atoms with van der Waals surface area (Å²) in [6.07, 6.45) is 3.49. The maximum absolute atomic E-state index is 10.8. The maximum atomic E-state index is 10.8. The van der Waals surface area contributed by atoms with Gasteiger partial charge in [-0.25, -0.2) is 9.78 Å². The molecule has 1 aromatic heterocycles. The van der Waals surface area contributed by atoms with Gasteiger partial charge in [-0.15, -0.1) is 0 Å². The molecule has 1 N–H and O–H groups in total. The molecule has 0 bridgehead atoms. The fourth-order valence-electron chi connectivity index (χ4n) is 1.48. The van der Waals surface area contributed by atoms with Gasteiger partial charge in [0.2, 0.25) is 5.88 Å². The van der Waals surface area contributed by atoms with Crippen LogP contribution in [0.15, 0.2) is 12.1 Å². The van der Waals surface area contributed by atoms with Gasteiger partial charge in [0.05, 0.1) is 5.56 Å². The van der Waals surface area contributed by atoms with E-state index in [1.54, 1.807) is 6.92 Å². The van der Waals surface area contributed by atoms with Crippen LogP contribution in [0.1, 0.15) is 35.3 Å². The number of aryl methyl sites for hydroxylation is 1.